The molecule has 10 aromatic rings. The zero-order valence-corrected chi connectivity index (χ0v) is 47.5. The van der Waals surface area contributed by atoms with E-state index in [1.165, 1.54) is 66.8 Å². The molecular formula is C72H74N4O. The summed E-state index contributed by atoms with van der Waals surface area (Å²) in [7, 11) is 0. The van der Waals surface area contributed by atoms with E-state index >= 15 is 0 Å². The second-order valence-electron chi connectivity index (χ2n) is 25.5. The molecule has 0 saturated heterocycles. The van der Waals surface area contributed by atoms with Gasteiger partial charge in [0.05, 0.1) is 22.4 Å². The largest absolute Gasteiger partial charge is 0.457 e. The highest BCUT2D eigenvalue weighted by molar-refractivity contribution is 6.09. The van der Waals surface area contributed by atoms with Crippen molar-refractivity contribution >= 4 is 44.6 Å². The average Bonchev–Trinajstić information content (AvgIpc) is 3.96. The molecule has 0 radical (unpaired) electrons. The van der Waals surface area contributed by atoms with Crippen molar-refractivity contribution in [2.45, 2.75) is 117 Å². The van der Waals surface area contributed by atoms with E-state index in [9.17, 15) is 0 Å². The molecule has 0 spiro atoms. The van der Waals surface area contributed by atoms with Crippen molar-refractivity contribution < 1.29 is 4.74 Å². The minimum absolute atomic E-state index is 0.0966. The molecule has 5 nitrogen and oxygen atoms in total. The minimum atomic E-state index is -0.264. The maximum atomic E-state index is 7.17. The van der Waals surface area contributed by atoms with Crippen LogP contribution in [0, 0.1) is 0 Å². The highest BCUT2D eigenvalue weighted by atomic mass is 16.5. The molecule has 0 saturated carbocycles. The molecule has 0 fully saturated rings. The molecular weight excluding hydrogens is 937 g/mol. The molecule has 0 unspecified atom stereocenters. The van der Waals surface area contributed by atoms with E-state index in [1.807, 2.05) is 6.20 Å². The third kappa shape index (κ3) is 9.60. The predicted molar refractivity (Wildman–Crippen MR) is 326 cm³/mol. The van der Waals surface area contributed by atoms with Crippen LogP contribution in [0.5, 0.6) is 11.5 Å². The van der Waals surface area contributed by atoms with Gasteiger partial charge < -0.3 is 14.5 Å². The van der Waals surface area contributed by atoms with Gasteiger partial charge in [-0.1, -0.05) is 205 Å². The Labute approximate surface area is 457 Å². The highest BCUT2D eigenvalue weighted by Gasteiger charge is 2.36. The molecule has 2 aromatic heterocycles. The van der Waals surface area contributed by atoms with E-state index in [0.29, 0.717) is 6.67 Å². The van der Waals surface area contributed by atoms with E-state index < -0.39 is 0 Å². The van der Waals surface area contributed by atoms with Crippen LogP contribution in [-0.2, 0) is 27.1 Å². The van der Waals surface area contributed by atoms with Crippen LogP contribution in [0.25, 0.3) is 38.8 Å². The van der Waals surface area contributed by atoms with Crippen LogP contribution in [0.2, 0.25) is 0 Å². The maximum Gasteiger partial charge on any atom is 0.137 e. The van der Waals surface area contributed by atoms with Crippen LogP contribution in [0.3, 0.4) is 0 Å². The molecule has 0 amide bonds. The molecule has 388 valence electrons. The summed E-state index contributed by atoms with van der Waals surface area (Å²) in [6.07, 6.45) is 1.95. The van der Waals surface area contributed by atoms with Gasteiger partial charge >= 0.3 is 0 Å². The molecule has 8 aromatic carbocycles. The SMILES string of the molecule is CC(C)(C)c1cc(Oc2ccc3c4ccccc4n(-c4cc(C(C)(C)c5ccccc5)ccn4)c3c2)cc(N2CN(c3cc(-c4ccccc4)cc(C(C)(C)c4ccccc4)c3)c3cc(C(C)(C)C)c(C(C)(C)C)cc32)c1. The zero-order valence-electron chi connectivity index (χ0n) is 47.5. The van der Waals surface area contributed by atoms with Crippen LogP contribution < -0.4 is 14.5 Å². The van der Waals surface area contributed by atoms with Gasteiger partial charge in [-0.25, -0.2) is 4.98 Å². The Bertz CT molecular complexity index is 3810. The lowest BCUT2D eigenvalue weighted by atomic mass is 9.74. The summed E-state index contributed by atoms with van der Waals surface area (Å²) in [5.41, 5.74) is 17.2. The molecule has 1 aliphatic rings. The summed E-state index contributed by atoms with van der Waals surface area (Å²) >= 11 is 0. The summed E-state index contributed by atoms with van der Waals surface area (Å²) in [6.45, 7) is 30.9. The summed E-state index contributed by atoms with van der Waals surface area (Å²) in [5.74, 6) is 2.43. The van der Waals surface area contributed by atoms with E-state index in [0.717, 1.165) is 45.1 Å². The first-order chi connectivity index (χ1) is 36.6. The zero-order chi connectivity index (χ0) is 54.2. The van der Waals surface area contributed by atoms with Crippen molar-refractivity contribution in [2.24, 2.45) is 0 Å². The fourth-order valence-electron chi connectivity index (χ4n) is 11.5. The molecule has 0 N–H and O–H groups in total. The van der Waals surface area contributed by atoms with Gasteiger partial charge in [-0.2, -0.15) is 0 Å². The maximum absolute atomic E-state index is 7.17. The van der Waals surface area contributed by atoms with Crippen LogP contribution in [0.4, 0.5) is 22.7 Å². The Morgan fingerprint density at radius 3 is 1.51 bits per heavy atom. The van der Waals surface area contributed by atoms with E-state index in [4.69, 9.17) is 9.72 Å². The highest BCUT2D eigenvalue weighted by Crippen LogP contribution is 2.52. The number of pyridine rings is 1. The third-order valence-corrected chi connectivity index (χ3v) is 16.3. The van der Waals surface area contributed by atoms with Gasteiger partial charge in [-0.05, 0) is 133 Å². The topological polar surface area (TPSA) is 33.5 Å². The quantitative estimate of drug-likeness (QED) is 0.137. The van der Waals surface area contributed by atoms with Crippen LogP contribution in [0.1, 0.15) is 129 Å². The van der Waals surface area contributed by atoms with E-state index in [-0.39, 0.29) is 27.1 Å². The Kier molecular flexibility index (Phi) is 12.6. The Balaban J connectivity index is 1.06. The van der Waals surface area contributed by atoms with Crippen LogP contribution >= 0.6 is 0 Å². The average molecular weight is 1010 g/mol. The third-order valence-electron chi connectivity index (χ3n) is 16.3. The number of rotatable bonds is 10. The number of hydrogen-bond donors (Lipinski definition) is 0. The molecule has 77 heavy (non-hydrogen) atoms. The number of para-hydroxylation sites is 1. The van der Waals surface area contributed by atoms with Gasteiger partial charge in [-0.15, -0.1) is 0 Å². The van der Waals surface area contributed by atoms with Crippen molar-refractivity contribution in [3.63, 3.8) is 0 Å². The molecule has 0 bridgehead atoms. The summed E-state index contributed by atoms with van der Waals surface area (Å²) in [5, 5.41) is 2.32. The first-order valence-electron chi connectivity index (χ1n) is 27.5. The summed E-state index contributed by atoms with van der Waals surface area (Å²) < 4.78 is 9.47. The number of hydrogen-bond acceptors (Lipinski definition) is 4. The van der Waals surface area contributed by atoms with E-state index in [1.54, 1.807) is 0 Å². The Hall–Kier alpha value is -7.89. The van der Waals surface area contributed by atoms with Gasteiger partial charge in [0.1, 0.15) is 24.0 Å². The number of benzene rings is 8. The lowest BCUT2D eigenvalue weighted by Crippen LogP contribution is -2.25. The molecule has 11 rings (SSSR count). The number of fused-ring (bicyclic) bond motifs is 4. The fourth-order valence-corrected chi connectivity index (χ4v) is 11.5. The number of aromatic nitrogens is 2. The fraction of sp³-hybridized carbons (Fsp3) is 0.264. The first-order valence-corrected chi connectivity index (χ1v) is 27.5. The number of ether oxygens (including phenoxy) is 1. The molecule has 3 heterocycles. The van der Waals surface area contributed by atoms with E-state index in [2.05, 4.69) is 298 Å². The van der Waals surface area contributed by atoms with Crippen molar-refractivity contribution in [3.05, 3.63) is 239 Å². The second-order valence-corrected chi connectivity index (χ2v) is 25.5. The van der Waals surface area contributed by atoms with Crippen LogP contribution in [-0.4, -0.2) is 16.2 Å². The van der Waals surface area contributed by atoms with Gasteiger partial charge in [-0.3, -0.25) is 4.57 Å². The smallest absolute Gasteiger partial charge is 0.137 e. The predicted octanol–water partition coefficient (Wildman–Crippen LogP) is 19.4. The van der Waals surface area contributed by atoms with Gasteiger partial charge in [0.25, 0.3) is 0 Å². The Morgan fingerprint density at radius 2 is 0.909 bits per heavy atom. The monoisotopic (exact) mass is 1010 g/mol. The van der Waals surface area contributed by atoms with Crippen molar-refractivity contribution in [3.8, 4) is 28.4 Å². The van der Waals surface area contributed by atoms with Gasteiger partial charge in [0.15, 0.2) is 0 Å². The summed E-state index contributed by atoms with van der Waals surface area (Å²) in [4.78, 5) is 10.1. The normalized spacial score (nSPS) is 13.4. The second kappa shape index (κ2) is 19.0. The van der Waals surface area contributed by atoms with Crippen LogP contribution in [0.15, 0.2) is 200 Å². The minimum Gasteiger partial charge on any atom is -0.457 e. The lowest BCUT2D eigenvalue weighted by Gasteiger charge is -2.32. The molecule has 0 atom stereocenters. The number of anilines is 4. The molecule has 0 aliphatic carbocycles. The Morgan fingerprint density at radius 1 is 0.377 bits per heavy atom. The lowest BCUT2D eigenvalue weighted by molar-refractivity contribution is 0.479. The first kappa shape index (κ1) is 51.2. The van der Waals surface area contributed by atoms with Crippen molar-refractivity contribution in [1.82, 2.24) is 9.55 Å². The standard InChI is InChI=1S/C72H74N4O/c1-68(2,3)53-39-56(43-58(41-53)77-57-33-34-60-59-31-23-24-32-63(59)76(64(60)44-57)67-42-52(35-36-73-67)71(10,11)50-27-19-15-20-28-50)75-47-74(65-45-61(69(4,5)6)62(46-66(65)75)70(7,8)9)55-38-49(48-25-17-14-18-26-48)37-54(40-55)72(12,13)51-29-21-16-22-30-51/h14-46H,47H2,1-13H3. The summed E-state index contributed by atoms with van der Waals surface area (Å²) in [6, 6.07) is 71.2. The van der Waals surface area contributed by atoms with Crippen molar-refractivity contribution in [2.75, 3.05) is 16.5 Å². The van der Waals surface area contributed by atoms with Gasteiger partial charge in [0, 0.05) is 51.3 Å². The molecule has 1 aliphatic heterocycles. The number of nitrogens with zero attached hydrogens (tertiary/aromatic N) is 4. The van der Waals surface area contributed by atoms with Crippen molar-refractivity contribution in [1.29, 1.82) is 0 Å². The van der Waals surface area contributed by atoms with Gasteiger partial charge in [0.2, 0.25) is 0 Å². The molecule has 5 heteroatoms.